The Balaban J connectivity index is 1.60. The normalized spacial score (nSPS) is 12.6. The van der Waals surface area contributed by atoms with Crippen LogP contribution in [-0.2, 0) is 6.42 Å². The third kappa shape index (κ3) is 3.13. The number of aryl methyl sites for hydroxylation is 2. The van der Waals surface area contributed by atoms with E-state index in [0.717, 1.165) is 41.3 Å². The van der Waals surface area contributed by atoms with Crippen LogP contribution < -0.4 is 10.6 Å². The largest absolute Gasteiger partial charge is 0.384 e. The Hall–Kier alpha value is -3.08. The molecular formula is C20H20N4O. The van der Waals surface area contributed by atoms with Crippen molar-refractivity contribution < 1.29 is 4.79 Å². The highest BCUT2D eigenvalue weighted by Crippen LogP contribution is 2.26. The molecule has 1 aromatic heterocycles. The Morgan fingerprint density at radius 2 is 2.08 bits per heavy atom. The number of anilines is 2. The molecule has 0 radical (unpaired) electrons. The summed E-state index contributed by atoms with van der Waals surface area (Å²) in [6, 6.07) is 11.8. The van der Waals surface area contributed by atoms with E-state index in [-0.39, 0.29) is 5.91 Å². The molecule has 5 nitrogen and oxygen atoms in total. The lowest BCUT2D eigenvalue weighted by atomic mass is 10.1. The molecular weight excluding hydrogens is 312 g/mol. The van der Waals surface area contributed by atoms with Gasteiger partial charge in [0.1, 0.15) is 0 Å². The van der Waals surface area contributed by atoms with Crippen molar-refractivity contribution in [3.8, 4) is 5.69 Å². The number of amides is 1. The van der Waals surface area contributed by atoms with E-state index in [0.29, 0.717) is 5.56 Å². The monoisotopic (exact) mass is 332 g/mol. The molecule has 0 aliphatic carbocycles. The summed E-state index contributed by atoms with van der Waals surface area (Å²) in [5.41, 5.74) is 6.75. The van der Waals surface area contributed by atoms with Crippen LogP contribution in [0.2, 0.25) is 0 Å². The van der Waals surface area contributed by atoms with E-state index in [9.17, 15) is 4.79 Å². The van der Waals surface area contributed by atoms with E-state index in [1.54, 1.807) is 6.33 Å². The number of benzene rings is 2. The summed E-state index contributed by atoms with van der Waals surface area (Å²) >= 11 is 0. The van der Waals surface area contributed by atoms with Crippen LogP contribution in [0.1, 0.15) is 27.2 Å². The van der Waals surface area contributed by atoms with Crippen LogP contribution in [0.3, 0.4) is 0 Å². The maximum absolute atomic E-state index is 12.7. The van der Waals surface area contributed by atoms with Gasteiger partial charge in [0.2, 0.25) is 0 Å². The molecule has 0 atom stereocenters. The lowest BCUT2D eigenvalue weighted by molar-refractivity contribution is 0.102. The Labute approximate surface area is 146 Å². The van der Waals surface area contributed by atoms with Gasteiger partial charge in [-0.05, 0) is 61.7 Å². The molecule has 1 aliphatic rings. The fraction of sp³-hybridized carbons (Fsp3) is 0.200. The lowest BCUT2D eigenvalue weighted by Gasteiger charge is -2.10. The molecule has 2 heterocycles. The van der Waals surface area contributed by atoms with Crippen molar-refractivity contribution in [2.45, 2.75) is 20.3 Å². The first-order chi connectivity index (χ1) is 12.1. The molecule has 4 rings (SSSR count). The summed E-state index contributed by atoms with van der Waals surface area (Å²) in [7, 11) is 0. The highest BCUT2D eigenvalue weighted by molar-refractivity contribution is 6.05. The van der Waals surface area contributed by atoms with Crippen LogP contribution in [0.15, 0.2) is 48.9 Å². The van der Waals surface area contributed by atoms with E-state index in [1.807, 2.05) is 54.9 Å². The Kier molecular flexibility index (Phi) is 3.76. The van der Waals surface area contributed by atoms with E-state index in [2.05, 4.69) is 21.7 Å². The van der Waals surface area contributed by atoms with Crippen LogP contribution in [0.4, 0.5) is 11.4 Å². The maximum atomic E-state index is 12.7. The number of imidazole rings is 1. The summed E-state index contributed by atoms with van der Waals surface area (Å²) in [5, 5.41) is 6.33. The van der Waals surface area contributed by atoms with Crippen molar-refractivity contribution in [3.05, 3.63) is 71.3 Å². The highest BCUT2D eigenvalue weighted by atomic mass is 16.1. The Morgan fingerprint density at radius 3 is 2.88 bits per heavy atom. The first kappa shape index (κ1) is 15.4. The van der Waals surface area contributed by atoms with Crippen LogP contribution >= 0.6 is 0 Å². The molecule has 3 aromatic rings. The van der Waals surface area contributed by atoms with Crippen molar-refractivity contribution in [1.82, 2.24) is 9.55 Å². The summed E-state index contributed by atoms with van der Waals surface area (Å²) in [5.74, 6) is -0.111. The smallest absolute Gasteiger partial charge is 0.255 e. The predicted molar refractivity (Wildman–Crippen MR) is 99.6 cm³/mol. The number of carbonyl (C=O) groups excluding carboxylic acids is 1. The number of aromatic nitrogens is 2. The number of carbonyl (C=O) groups is 1. The molecule has 5 heteroatoms. The average Bonchev–Trinajstić information content (AvgIpc) is 3.22. The second-order valence-electron chi connectivity index (χ2n) is 6.48. The van der Waals surface area contributed by atoms with Crippen LogP contribution in [0, 0.1) is 13.8 Å². The molecule has 126 valence electrons. The van der Waals surface area contributed by atoms with E-state index >= 15 is 0 Å². The molecule has 0 saturated carbocycles. The first-order valence-corrected chi connectivity index (χ1v) is 8.39. The van der Waals surface area contributed by atoms with Crippen molar-refractivity contribution >= 4 is 17.3 Å². The summed E-state index contributed by atoms with van der Waals surface area (Å²) in [6.07, 6.45) is 4.75. The number of hydrogen-bond donors (Lipinski definition) is 2. The third-order valence-electron chi connectivity index (χ3n) is 4.41. The number of rotatable bonds is 3. The number of nitrogens with one attached hydrogen (secondary N) is 2. The fourth-order valence-electron chi connectivity index (χ4n) is 3.18. The van der Waals surface area contributed by atoms with Crippen molar-refractivity contribution in [2.24, 2.45) is 0 Å². The predicted octanol–water partition coefficient (Wildman–Crippen LogP) is 3.71. The van der Waals surface area contributed by atoms with Gasteiger partial charge < -0.3 is 15.2 Å². The van der Waals surface area contributed by atoms with E-state index in [1.165, 1.54) is 5.56 Å². The van der Waals surface area contributed by atoms with Gasteiger partial charge in [-0.3, -0.25) is 4.79 Å². The van der Waals surface area contributed by atoms with Crippen LogP contribution in [0.5, 0.6) is 0 Å². The number of nitrogens with zero attached hydrogens (tertiary/aromatic N) is 2. The number of fused-ring (bicyclic) bond motifs is 1. The van der Waals surface area contributed by atoms with Gasteiger partial charge in [0, 0.05) is 35.4 Å². The number of hydrogen-bond acceptors (Lipinski definition) is 3. The van der Waals surface area contributed by atoms with Crippen molar-refractivity contribution in [2.75, 3.05) is 17.2 Å². The summed E-state index contributed by atoms with van der Waals surface area (Å²) < 4.78 is 1.93. The Bertz CT molecular complexity index is 958. The molecule has 1 aliphatic heterocycles. The van der Waals surface area contributed by atoms with Gasteiger partial charge >= 0.3 is 0 Å². The highest BCUT2D eigenvalue weighted by Gasteiger charge is 2.13. The van der Waals surface area contributed by atoms with Gasteiger partial charge in [0.15, 0.2) is 0 Å². The second kappa shape index (κ2) is 6.09. The van der Waals surface area contributed by atoms with Crippen LogP contribution in [-0.4, -0.2) is 22.0 Å². The van der Waals surface area contributed by atoms with Gasteiger partial charge in [0.05, 0.1) is 12.0 Å². The fourth-order valence-corrected chi connectivity index (χ4v) is 3.18. The van der Waals surface area contributed by atoms with Gasteiger partial charge in [0.25, 0.3) is 5.91 Å². The van der Waals surface area contributed by atoms with Gasteiger partial charge in [-0.2, -0.15) is 0 Å². The van der Waals surface area contributed by atoms with E-state index < -0.39 is 0 Å². The molecule has 0 fully saturated rings. The topological polar surface area (TPSA) is 59.0 Å². The molecule has 0 spiro atoms. The standard InChI is InChI=1S/C20H20N4O/c1-13-7-16(9-18(8-13)24-11-14(2)22-12-24)20(25)23-17-4-3-15-5-6-21-19(15)10-17/h3-4,7-12,21H,5-6H2,1-2H3,(H,23,25). The zero-order valence-corrected chi connectivity index (χ0v) is 14.3. The van der Waals surface area contributed by atoms with E-state index in [4.69, 9.17) is 0 Å². The maximum Gasteiger partial charge on any atom is 0.255 e. The van der Waals surface area contributed by atoms with Gasteiger partial charge in [-0.25, -0.2) is 4.98 Å². The molecule has 0 bridgehead atoms. The minimum absolute atomic E-state index is 0.111. The van der Waals surface area contributed by atoms with Gasteiger partial charge in [-0.1, -0.05) is 6.07 Å². The summed E-state index contributed by atoms with van der Waals surface area (Å²) in [6.45, 7) is 4.89. The minimum Gasteiger partial charge on any atom is -0.384 e. The first-order valence-electron chi connectivity index (χ1n) is 8.39. The molecule has 0 saturated heterocycles. The van der Waals surface area contributed by atoms with Crippen LogP contribution in [0.25, 0.3) is 5.69 Å². The third-order valence-corrected chi connectivity index (χ3v) is 4.41. The SMILES string of the molecule is Cc1cc(C(=O)Nc2ccc3c(c2)NCC3)cc(-n2cnc(C)c2)c1. The molecule has 1 amide bonds. The molecule has 0 unspecified atom stereocenters. The lowest BCUT2D eigenvalue weighted by Crippen LogP contribution is -2.13. The Morgan fingerprint density at radius 1 is 1.20 bits per heavy atom. The van der Waals surface area contributed by atoms with Crippen molar-refractivity contribution in [3.63, 3.8) is 0 Å². The molecule has 2 N–H and O–H groups in total. The molecule has 2 aromatic carbocycles. The van der Waals surface area contributed by atoms with Gasteiger partial charge in [-0.15, -0.1) is 0 Å². The summed E-state index contributed by atoms with van der Waals surface area (Å²) in [4.78, 5) is 17.0. The van der Waals surface area contributed by atoms with Crippen molar-refractivity contribution in [1.29, 1.82) is 0 Å². The minimum atomic E-state index is -0.111. The molecule has 25 heavy (non-hydrogen) atoms. The quantitative estimate of drug-likeness (QED) is 0.769. The average molecular weight is 332 g/mol. The zero-order chi connectivity index (χ0) is 17.4. The zero-order valence-electron chi connectivity index (χ0n) is 14.3. The second-order valence-corrected chi connectivity index (χ2v) is 6.48.